The van der Waals surface area contributed by atoms with Crippen molar-refractivity contribution in [2.24, 2.45) is 0 Å². The predicted octanol–water partition coefficient (Wildman–Crippen LogP) is 2.21. The van der Waals surface area contributed by atoms with Gasteiger partial charge in [0.25, 0.3) is 5.91 Å². The number of hydrogen-bond donors (Lipinski definition) is 2. The number of likely N-dealkylation sites (N-methyl/N-ethyl adjacent to an activating group) is 1. The van der Waals surface area contributed by atoms with Crippen LogP contribution in [0, 0.1) is 6.92 Å². The molecule has 1 aromatic carbocycles. The molecule has 0 spiro atoms. The number of thiophene rings is 1. The first-order chi connectivity index (χ1) is 12.4. The molecule has 0 bridgehead atoms. The highest BCUT2D eigenvalue weighted by molar-refractivity contribution is 7.13. The Kier molecular flexibility index (Phi) is 7.17. The Morgan fingerprint density at radius 2 is 1.88 bits per heavy atom. The fraction of sp³-hybridized carbons (Fsp3) is 0.368. The molecule has 2 aromatic rings. The lowest BCUT2D eigenvalue weighted by Crippen LogP contribution is -2.40. The summed E-state index contributed by atoms with van der Waals surface area (Å²) in [6.07, 6.45) is 0. The minimum absolute atomic E-state index is 0.0363. The zero-order chi connectivity index (χ0) is 19.1. The molecule has 0 aliphatic carbocycles. The van der Waals surface area contributed by atoms with Crippen molar-refractivity contribution >= 4 is 23.2 Å². The summed E-state index contributed by atoms with van der Waals surface area (Å²) in [5.41, 5.74) is 0.999. The first kappa shape index (κ1) is 19.9. The number of benzene rings is 1. The van der Waals surface area contributed by atoms with Gasteiger partial charge in [0.05, 0.1) is 24.6 Å². The molecule has 1 heterocycles. The van der Waals surface area contributed by atoms with E-state index in [0.717, 1.165) is 16.2 Å². The largest absolute Gasteiger partial charge is 0.496 e. The Morgan fingerprint density at radius 1 is 1.15 bits per heavy atom. The molecule has 1 unspecified atom stereocenters. The lowest BCUT2D eigenvalue weighted by Gasteiger charge is -2.26. The molecule has 0 radical (unpaired) electrons. The molecular formula is C19H25N3O3S. The van der Waals surface area contributed by atoms with Crippen molar-refractivity contribution in [3.63, 3.8) is 0 Å². The molecule has 2 rings (SSSR count). The number of ether oxygens (including phenoxy) is 1. The van der Waals surface area contributed by atoms with Crippen LogP contribution < -0.4 is 15.4 Å². The van der Waals surface area contributed by atoms with Crippen LogP contribution in [-0.4, -0.2) is 51.0 Å². The molecule has 1 atom stereocenters. The van der Waals surface area contributed by atoms with E-state index in [2.05, 4.69) is 10.6 Å². The van der Waals surface area contributed by atoms with Gasteiger partial charge in [0.2, 0.25) is 5.91 Å². The number of aryl methyl sites for hydroxylation is 1. The highest BCUT2D eigenvalue weighted by Gasteiger charge is 2.19. The third kappa shape index (κ3) is 5.31. The van der Waals surface area contributed by atoms with Crippen LogP contribution in [0.15, 0.2) is 36.4 Å². The molecule has 26 heavy (non-hydrogen) atoms. The van der Waals surface area contributed by atoms with Crippen LogP contribution in [0.4, 0.5) is 0 Å². The average Bonchev–Trinajstić information content (AvgIpc) is 3.06. The van der Waals surface area contributed by atoms with Gasteiger partial charge in [-0.2, -0.15) is 0 Å². The fourth-order valence-corrected chi connectivity index (χ4v) is 3.37. The lowest BCUT2D eigenvalue weighted by molar-refractivity contribution is -0.120. The number of nitrogens with one attached hydrogen (secondary N) is 2. The summed E-state index contributed by atoms with van der Waals surface area (Å²) < 4.78 is 5.42. The minimum Gasteiger partial charge on any atom is -0.496 e. The van der Waals surface area contributed by atoms with Gasteiger partial charge in [-0.15, -0.1) is 11.3 Å². The van der Waals surface area contributed by atoms with E-state index in [-0.39, 0.29) is 24.4 Å². The van der Waals surface area contributed by atoms with E-state index >= 15 is 0 Å². The van der Waals surface area contributed by atoms with Crippen LogP contribution in [-0.2, 0) is 4.79 Å². The second-order valence-electron chi connectivity index (χ2n) is 6.12. The minimum atomic E-state index is -0.230. The third-order valence-corrected chi connectivity index (χ3v) is 4.99. The number of rotatable bonds is 8. The normalized spacial score (nSPS) is 11.9. The standard InChI is InChI=1S/C19H25N3O3S/c1-13-9-10-17(26-13)19(24)21-12-18(23)20-11-15(22(2)3)14-7-5-6-8-16(14)25-4/h5-10,15H,11-12H2,1-4H3,(H,20,23)(H,21,24). The number of nitrogens with zero attached hydrogens (tertiary/aromatic N) is 1. The molecule has 0 aliphatic heterocycles. The van der Waals surface area contributed by atoms with Crippen LogP contribution in [0.25, 0.3) is 0 Å². The van der Waals surface area contributed by atoms with Crippen LogP contribution >= 0.6 is 11.3 Å². The van der Waals surface area contributed by atoms with Gasteiger partial charge in [-0.05, 0) is 39.2 Å². The fourth-order valence-electron chi connectivity index (χ4n) is 2.59. The number of methoxy groups -OCH3 is 1. The number of carbonyl (C=O) groups is 2. The maximum atomic E-state index is 12.1. The van der Waals surface area contributed by atoms with Crippen molar-refractivity contribution < 1.29 is 14.3 Å². The maximum Gasteiger partial charge on any atom is 0.261 e. The second-order valence-corrected chi connectivity index (χ2v) is 7.41. The number of amides is 2. The van der Waals surface area contributed by atoms with Crippen molar-refractivity contribution in [3.8, 4) is 5.75 Å². The van der Waals surface area contributed by atoms with Gasteiger partial charge in [0, 0.05) is 17.0 Å². The second kappa shape index (κ2) is 9.35. The number of carbonyl (C=O) groups excluding carboxylic acids is 2. The van der Waals surface area contributed by atoms with Gasteiger partial charge in [-0.25, -0.2) is 0 Å². The van der Waals surface area contributed by atoms with E-state index in [1.54, 1.807) is 13.2 Å². The Bertz CT molecular complexity index is 758. The molecule has 2 N–H and O–H groups in total. The van der Waals surface area contributed by atoms with E-state index in [1.807, 2.05) is 56.3 Å². The van der Waals surface area contributed by atoms with Crippen molar-refractivity contribution in [2.45, 2.75) is 13.0 Å². The molecular weight excluding hydrogens is 350 g/mol. The summed E-state index contributed by atoms with van der Waals surface area (Å²) in [6, 6.07) is 11.3. The first-order valence-electron chi connectivity index (χ1n) is 8.33. The number of para-hydroxylation sites is 1. The molecule has 0 saturated carbocycles. The van der Waals surface area contributed by atoms with Gasteiger partial charge >= 0.3 is 0 Å². The third-order valence-electron chi connectivity index (χ3n) is 3.99. The molecule has 2 amide bonds. The van der Waals surface area contributed by atoms with E-state index in [9.17, 15) is 9.59 Å². The molecule has 6 nitrogen and oxygen atoms in total. The van der Waals surface area contributed by atoms with E-state index in [0.29, 0.717) is 11.4 Å². The first-order valence-corrected chi connectivity index (χ1v) is 9.14. The summed E-state index contributed by atoms with van der Waals surface area (Å²) in [4.78, 5) is 27.8. The van der Waals surface area contributed by atoms with Gasteiger partial charge in [0.15, 0.2) is 0 Å². The molecule has 0 fully saturated rings. The SMILES string of the molecule is COc1ccccc1C(CNC(=O)CNC(=O)c1ccc(C)s1)N(C)C. The predicted molar refractivity (Wildman–Crippen MR) is 104 cm³/mol. The topological polar surface area (TPSA) is 70.7 Å². The van der Waals surface area contributed by atoms with Crippen LogP contribution in [0.5, 0.6) is 5.75 Å². The highest BCUT2D eigenvalue weighted by atomic mass is 32.1. The molecule has 140 valence electrons. The summed E-state index contributed by atoms with van der Waals surface area (Å²) in [7, 11) is 5.53. The zero-order valence-electron chi connectivity index (χ0n) is 15.5. The maximum absolute atomic E-state index is 12.1. The van der Waals surface area contributed by atoms with Crippen LogP contribution in [0.3, 0.4) is 0 Å². The van der Waals surface area contributed by atoms with Gasteiger partial charge in [-0.3, -0.25) is 9.59 Å². The van der Waals surface area contributed by atoms with Gasteiger partial charge in [0.1, 0.15) is 5.75 Å². The number of hydrogen-bond acceptors (Lipinski definition) is 5. The summed E-state index contributed by atoms with van der Waals surface area (Å²) in [6.45, 7) is 2.30. The lowest BCUT2D eigenvalue weighted by atomic mass is 10.0. The Hall–Kier alpha value is -2.38. The van der Waals surface area contributed by atoms with E-state index < -0.39 is 0 Å². The monoisotopic (exact) mass is 375 g/mol. The van der Waals surface area contributed by atoms with E-state index in [4.69, 9.17) is 4.74 Å². The summed E-state index contributed by atoms with van der Waals surface area (Å²) in [5, 5.41) is 5.53. The average molecular weight is 375 g/mol. The van der Waals surface area contributed by atoms with Crippen molar-refractivity contribution in [1.29, 1.82) is 0 Å². The highest BCUT2D eigenvalue weighted by Crippen LogP contribution is 2.27. The van der Waals surface area contributed by atoms with Gasteiger partial charge < -0.3 is 20.3 Å². The summed E-state index contributed by atoms with van der Waals surface area (Å²) in [5.74, 6) is 0.322. The Morgan fingerprint density at radius 3 is 2.50 bits per heavy atom. The molecule has 1 aromatic heterocycles. The molecule has 0 aliphatic rings. The van der Waals surface area contributed by atoms with Crippen LogP contribution in [0.2, 0.25) is 0 Å². The Balaban J connectivity index is 1.90. The van der Waals surface area contributed by atoms with Crippen molar-refractivity contribution in [3.05, 3.63) is 51.7 Å². The van der Waals surface area contributed by atoms with Crippen molar-refractivity contribution in [1.82, 2.24) is 15.5 Å². The molecule has 7 heteroatoms. The quantitative estimate of drug-likeness (QED) is 0.742. The van der Waals surface area contributed by atoms with Gasteiger partial charge in [-0.1, -0.05) is 18.2 Å². The zero-order valence-corrected chi connectivity index (χ0v) is 16.4. The van der Waals surface area contributed by atoms with Crippen molar-refractivity contribution in [2.75, 3.05) is 34.3 Å². The smallest absolute Gasteiger partial charge is 0.261 e. The van der Waals surface area contributed by atoms with Crippen LogP contribution in [0.1, 0.15) is 26.2 Å². The van der Waals surface area contributed by atoms with E-state index in [1.165, 1.54) is 11.3 Å². The summed E-state index contributed by atoms with van der Waals surface area (Å²) >= 11 is 1.41. The molecule has 0 saturated heterocycles. The Labute approximate surface area is 158 Å².